The molecule has 2 saturated heterocycles. The molecular formula is C36H43N3O2. The lowest BCUT2D eigenvalue weighted by Gasteiger charge is -2.47. The van der Waals surface area contributed by atoms with Gasteiger partial charge in [-0.15, -0.1) is 0 Å². The summed E-state index contributed by atoms with van der Waals surface area (Å²) in [5.41, 5.74) is 8.28. The highest BCUT2D eigenvalue weighted by Crippen LogP contribution is 2.40. The van der Waals surface area contributed by atoms with Crippen molar-refractivity contribution in [1.29, 1.82) is 0 Å². The van der Waals surface area contributed by atoms with Crippen molar-refractivity contribution in [2.45, 2.75) is 84.3 Å². The highest BCUT2D eigenvalue weighted by molar-refractivity contribution is 5.93. The molecular weight excluding hydrogens is 506 g/mol. The fourth-order valence-corrected chi connectivity index (χ4v) is 7.11. The number of pyridine rings is 1. The Morgan fingerprint density at radius 2 is 1.76 bits per heavy atom. The number of carbonyl (C=O) groups is 1. The van der Waals surface area contributed by atoms with Gasteiger partial charge in [0.15, 0.2) is 0 Å². The molecule has 1 saturated carbocycles. The molecule has 5 nitrogen and oxygen atoms in total. The minimum absolute atomic E-state index is 0.134. The number of aromatic amines is 1. The number of nitrogens with one attached hydrogen (secondary N) is 1. The van der Waals surface area contributed by atoms with Crippen molar-refractivity contribution in [2.75, 3.05) is 13.2 Å². The van der Waals surface area contributed by atoms with Crippen LogP contribution >= 0.6 is 0 Å². The minimum atomic E-state index is -0.701. The predicted molar refractivity (Wildman–Crippen MR) is 166 cm³/mol. The van der Waals surface area contributed by atoms with Gasteiger partial charge in [-0.05, 0) is 94.2 Å². The van der Waals surface area contributed by atoms with E-state index in [0.29, 0.717) is 25.2 Å². The lowest BCUT2D eigenvalue weighted by molar-refractivity contribution is -0.144. The maximum Gasteiger partial charge on any atom is 0.234 e. The van der Waals surface area contributed by atoms with Crippen molar-refractivity contribution in [2.24, 2.45) is 5.92 Å². The number of rotatable bonds is 8. The molecule has 2 aliphatic heterocycles. The van der Waals surface area contributed by atoms with Crippen LogP contribution in [0.25, 0.3) is 22.2 Å². The van der Waals surface area contributed by atoms with E-state index in [4.69, 9.17) is 9.72 Å². The number of aromatic nitrogens is 2. The number of carbonyl (C=O) groups excluding carboxylic acids is 1. The molecule has 2 bridgehead atoms. The summed E-state index contributed by atoms with van der Waals surface area (Å²) in [6.45, 7) is 12.7. The normalized spacial score (nSPS) is 19.6. The van der Waals surface area contributed by atoms with Crippen LogP contribution in [0.3, 0.4) is 0 Å². The summed E-state index contributed by atoms with van der Waals surface area (Å²) in [4.78, 5) is 24.8. The molecule has 7 rings (SSSR count). The van der Waals surface area contributed by atoms with Crippen molar-refractivity contribution >= 4 is 16.8 Å². The summed E-state index contributed by atoms with van der Waals surface area (Å²) in [6, 6.07) is 19.6. The van der Waals surface area contributed by atoms with Crippen LogP contribution in [-0.2, 0) is 21.6 Å². The fourth-order valence-electron chi connectivity index (χ4n) is 7.11. The molecule has 1 atom stereocenters. The van der Waals surface area contributed by atoms with Crippen LogP contribution in [0.2, 0.25) is 0 Å². The van der Waals surface area contributed by atoms with Crippen LogP contribution < -0.4 is 0 Å². The zero-order valence-corrected chi connectivity index (χ0v) is 25.2. The molecule has 4 heterocycles. The molecule has 5 heteroatoms. The number of hydrogen-bond donors (Lipinski definition) is 1. The van der Waals surface area contributed by atoms with Crippen molar-refractivity contribution in [3.8, 4) is 11.3 Å². The largest absolute Gasteiger partial charge is 0.376 e. The molecule has 0 spiro atoms. The van der Waals surface area contributed by atoms with Crippen molar-refractivity contribution < 1.29 is 9.53 Å². The van der Waals surface area contributed by atoms with Gasteiger partial charge in [0.05, 0.1) is 41.7 Å². The van der Waals surface area contributed by atoms with E-state index in [1.807, 2.05) is 24.4 Å². The molecule has 0 radical (unpaired) electrons. The Bertz CT molecular complexity index is 1530. The number of ether oxygens (including phenoxy) is 1. The predicted octanol–water partition coefficient (Wildman–Crippen LogP) is 7.85. The summed E-state index contributed by atoms with van der Waals surface area (Å²) in [7, 11) is 0. The molecule has 1 amide bonds. The van der Waals surface area contributed by atoms with Crippen molar-refractivity contribution in [3.05, 3.63) is 88.7 Å². The highest BCUT2D eigenvalue weighted by Gasteiger charge is 2.43. The quantitative estimate of drug-likeness (QED) is 0.244. The first-order chi connectivity index (χ1) is 19.7. The van der Waals surface area contributed by atoms with Gasteiger partial charge in [-0.25, -0.2) is 0 Å². The lowest BCUT2D eigenvalue weighted by Crippen LogP contribution is -2.55. The second-order valence-electron chi connectivity index (χ2n) is 13.1. The van der Waals surface area contributed by atoms with Crippen LogP contribution in [0.4, 0.5) is 0 Å². The summed E-state index contributed by atoms with van der Waals surface area (Å²) in [6.07, 6.45) is 6.73. The molecule has 2 aromatic heterocycles. The van der Waals surface area contributed by atoms with Gasteiger partial charge in [-0.3, -0.25) is 9.78 Å². The van der Waals surface area contributed by atoms with E-state index >= 15 is 0 Å². The van der Waals surface area contributed by atoms with E-state index in [2.05, 4.69) is 80.9 Å². The number of piperidine rings is 2. The van der Waals surface area contributed by atoms with E-state index in [9.17, 15) is 4.79 Å². The number of H-pyrrole nitrogens is 1. The van der Waals surface area contributed by atoms with Crippen LogP contribution in [0.15, 0.2) is 60.8 Å². The zero-order valence-electron chi connectivity index (χ0n) is 25.2. The molecule has 1 unspecified atom stereocenters. The Hall–Kier alpha value is -3.44. The summed E-state index contributed by atoms with van der Waals surface area (Å²) >= 11 is 0. The first-order valence-electron chi connectivity index (χ1n) is 15.2. The third-order valence-corrected chi connectivity index (χ3v) is 9.35. The van der Waals surface area contributed by atoms with Crippen molar-refractivity contribution in [1.82, 2.24) is 14.9 Å². The first kappa shape index (κ1) is 27.7. The van der Waals surface area contributed by atoms with Crippen LogP contribution in [0.1, 0.15) is 80.3 Å². The molecule has 41 heavy (non-hydrogen) atoms. The monoisotopic (exact) mass is 549 g/mol. The zero-order chi connectivity index (χ0) is 28.7. The Balaban J connectivity index is 1.37. The lowest BCUT2D eigenvalue weighted by atomic mass is 9.77. The number of hydrogen-bond acceptors (Lipinski definition) is 3. The maximum absolute atomic E-state index is 14.0. The van der Waals surface area contributed by atoms with E-state index < -0.39 is 5.41 Å². The van der Waals surface area contributed by atoms with Gasteiger partial charge in [0.25, 0.3) is 0 Å². The molecule has 2 aromatic carbocycles. The SMILES string of the molecule is Cc1cc(C)cc(-c2[nH]c3cnc(C(C)(C)C(=O)N4CC5CCC4CC5)cc3c2C(C)COCc2ccccc2)c1. The van der Waals surface area contributed by atoms with Crippen LogP contribution in [0.5, 0.6) is 0 Å². The summed E-state index contributed by atoms with van der Waals surface area (Å²) in [5.74, 6) is 1.00. The van der Waals surface area contributed by atoms with E-state index in [-0.39, 0.29) is 11.8 Å². The third-order valence-electron chi connectivity index (χ3n) is 9.35. The Kier molecular flexibility index (Phi) is 7.50. The molecule has 4 aromatic rings. The standard InChI is InChI=1S/C36H43N3O2/c1-23-15-24(2)17-28(16-23)34-33(25(3)21-41-22-27-9-7-6-8-10-27)30-18-32(37-19-31(30)38-34)36(4,5)35(40)39-20-26-11-13-29(39)14-12-26/h6-10,15-19,25-26,29,38H,11-14,20-22H2,1-5H3. The van der Waals surface area contributed by atoms with Gasteiger partial charge in [-0.1, -0.05) is 54.4 Å². The van der Waals surface area contributed by atoms with Gasteiger partial charge >= 0.3 is 0 Å². The van der Waals surface area contributed by atoms with E-state index in [0.717, 1.165) is 41.7 Å². The topological polar surface area (TPSA) is 58.2 Å². The molecule has 214 valence electrons. The first-order valence-corrected chi connectivity index (χ1v) is 15.2. The fraction of sp³-hybridized carbons (Fsp3) is 0.444. The number of aryl methyl sites for hydroxylation is 2. The van der Waals surface area contributed by atoms with Gasteiger partial charge in [0.2, 0.25) is 5.91 Å². The van der Waals surface area contributed by atoms with Gasteiger partial charge in [0, 0.05) is 23.9 Å². The summed E-state index contributed by atoms with van der Waals surface area (Å²) in [5, 5.41) is 1.13. The third kappa shape index (κ3) is 5.44. The average Bonchev–Trinajstić information content (AvgIpc) is 3.36. The smallest absolute Gasteiger partial charge is 0.234 e. The number of nitrogens with zero attached hydrogens (tertiary/aromatic N) is 2. The number of benzene rings is 2. The molecule has 3 aliphatic rings. The van der Waals surface area contributed by atoms with Gasteiger partial charge < -0.3 is 14.6 Å². The average molecular weight is 550 g/mol. The highest BCUT2D eigenvalue weighted by atomic mass is 16.5. The van der Waals surface area contributed by atoms with Gasteiger partial charge in [0.1, 0.15) is 0 Å². The van der Waals surface area contributed by atoms with Crippen LogP contribution in [0, 0.1) is 19.8 Å². The van der Waals surface area contributed by atoms with Crippen molar-refractivity contribution in [3.63, 3.8) is 0 Å². The van der Waals surface area contributed by atoms with Crippen LogP contribution in [-0.4, -0.2) is 40.0 Å². The maximum atomic E-state index is 14.0. The minimum Gasteiger partial charge on any atom is -0.376 e. The molecule has 3 fully saturated rings. The second kappa shape index (κ2) is 11.1. The number of amides is 1. The van der Waals surface area contributed by atoms with Gasteiger partial charge in [-0.2, -0.15) is 0 Å². The van der Waals surface area contributed by atoms with E-state index in [1.165, 1.54) is 40.7 Å². The summed E-state index contributed by atoms with van der Waals surface area (Å²) < 4.78 is 6.25. The molecule has 1 N–H and O–H groups in total. The molecule has 1 aliphatic carbocycles. The number of fused-ring (bicyclic) bond motifs is 4. The second-order valence-corrected chi connectivity index (χ2v) is 13.1. The Labute approximate surface area is 244 Å². The Morgan fingerprint density at radius 3 is 2.41 bits per heavy atom. The Morgan fingerprint density at radius 1 is 1.05 bits per heavy atom. The van der Waals surface area contributed by atoms with E-state index in [1.54, 1.807) is 0 Å².